The summed E-state index contributed by atoms with van der Waals surface area (Å²) in [5.41, 5.74) is 11.8. The Bertz CT molecular complexity index is 434. The van der Waals surface area contributed by atoms with Crippen molar-refractivity contribution in [1.82, 2.24) is 4.98 Å². The maximum absolute atomic E-state index is 11.0. The molecular weight excluding hydrogens is 246 g/mol. The molecule has 1 heterocycles. The van der Waals surface area contributed by atoms with E-state index in [2.05, 4.69) is 17.2 Å². The van der Waals surface area contributed by atoms with Crippen LogP contribution in [-0.4, -0.2) is 36.4 Å². The lowest BCUT2D eigenvalue weighted by Crippen LogP contribution is -2.39. The van der Waals surface area contributed by atoms with Crippen LogP contribution in [0, 0.1) is 0 Å². The Morgan fingerprint density at radius 2 is 1.89 bits per heavy atom. The molecule has 0 atom stereocenters. The molecule has 0 bridgehead atoms. The third-order valence-corrected chi connectivity index (χ3v) is 2.36. The average Bonchev–Trinajstić information content (AvgIpc) is 2.35. The van der Waals surface area contributed by atoms with Crippen LogP contribution in [0.3, 0.4) is 0 Å². The third-order valence-electron chi connectivity index (χ3n) is 2.36. The molecular formula is C12H19N5O2. The van der Waals surface area contributed by atoms with Crippen molar-refractivity contribution < 1.29 is 9.59 Å². The molecule has 19 heavy (non-hydrogen) atoms. The second-order valence-corrected chi connectivity index (χ2v) is 4.15. The Morgan fingerprint density at radius 3 is 2.42 bits per heavy atom. The number of amides is 2. The molecule has 0 radical (unpaired) electrons. The van der Waals surface area contributed by atoms with Crippen molar-refractivity contribution in [2.75, 3.05) is 29.9 Å². The second-order valence-electron chi connectivity index (χ2n) is 4.15. The Morgan fingerprint density at radius 1 is 1.26 bits per heavy atom. The summed E-state index contributed by atoms with van der Waals surface area (Å²) in [7, 11) is 0. The van der Waals surface area contributed by atoms with Gasteiger partial charge in [0, 0.05) is 6.54 Å². The summed E-state index contributed by atoms with van der Waals surface area (Å²) < 4.78 is 0. The molecule has 1 rings (SSSR count). The van der Waals surface area contributed by atoms with Crippen LogP contribution in [0.5, 0.6) is 0 Å². The highest BCUT2D eigenvalue weighted by Crippen LogP contribution is 2.17. The zero-order valence-corrected chi connectivity index (χ0v) is 10.9. The van der Waals surface area contributed by atoms with Gasteiger partial charge in [-0.3, -0.25) is 14.6 Å². The maximum atomic E-state index is 11.0. The van der Waals surface area contributed by atoms with Crippen molar-refractivity contribution in [3.05, 3.63) is 18.5 Å². The van der Waals surface area contributed by atoms with Crippen LogP contribution in [-0.2, 0) is 9.59 Å². The number of carbonyl (C=O) groups excluding carboxylic acids is 2. The first-order valence-electron chi connectivity index (χ1n) is 6.03. The zero-order chi connectivity index (χ0) is 14.3. The number of rotatable bonds is 8. The lowest BCUT2D eigenvalue weighted by atomic mass is 10.3. The van der Waals surface area contributed by atoms with Crippen LogP contribution in [0.15, 0.2) is 18.5 Å². The van der Waals surface area contributed by atoms with Crippen LogP contribution in [0.4, 0.5) is 11.4 Å². The molecule has 0 unspecified atom stereocenters. The molecule has 1 aromatic heterocycles. The van der Waals surface area contributed by atoms with Gasteiger partial charge in [0.05, 0.1) is 36.9 Å². The molecule has 0 aliphatic rings. The van der Waals surface area contributed by atoms with Crippen molar-refractivity contribution in [3.63, 3.8) is 0 Å². The quantitative estimate of drug-likeness (QED) is 0.596. The number of primary amides is 2. The van der Waals surface area contributed by atoms with Crippen molar-refractivity contribution in [3.8, 4) is 0 Å². The summed E-state index contributed by atoms with van der Waals surface area (Å²) in [4.78, 5) is 27.6. The fraction of sp³-hybridized carbons (Fsp3) is 0.417. The number of hydrogen-bond donors (Lipinski definition) is 3. The Kier molecular flexibility index (Phi) is 5.59. The number of nitrogens with zero attached hydrogens (tertiary/aromatic N) is 2. The van der Waals surface area contributed by atoms with Gasteiger partial charge in [0.1, 0.15) is 0 Å². The van der Waals surface area contributed by atoms with Gasteiger partial charge in [-0.15, -0.1) is 0 Å². The predicted molar refractivity (Wildman–Crippen MR) is 73.6 cm³/mol. The van der Waals surface area contributed by atoms with Gasteiger partial charge in [0.25, 0.3) is 0 Å². The Hall–Kier alpha value is -2.31. The molecule has 0 saturated heterocycles. The molecule has 0 aliphatic heterocycles. The van der Waals surface area contributed by atoms with Gasteiger partial charge in [-0.1, -0.05) is 6.92 Å². The molecule has 1 aromatic rings. The van der Waals surface area contributed by atoms with Gasteiger partial charge in [0.15, 0.2) is 0 Å². The van der Waals surface area contributed by atoms with Crippen molar-refractivity contribution in [1.29, 1.82) is 0 Å². The molecule has 2 amide bonds. The van der Waals surface area contributed by atoms with Crippen molar-refractivity contribution in [2.45, 2.75) is 13.3 Å². The van der Waals surface area contributed by atoms with Gasteiger partial charge in [-0.25, -0.2) is 0 Å². The Labute approximate surface area is 112 Å². The number of hydrogen-bond acceptors (Lipinski definition) is 5. The fourth-order valence-corrected chi connectivity index (χ4v) is 1.58. The first kappa shape index (κ1) is 14.7. The number of nitrogens with one attached hydrogen (secondary N) is 1. The van der Waals surface area contributed by atoms with E-state index >= 15 is 0 Å². The summed E-state index contributed by atoms with van der Waals surface area (Å²) in [6, 6.07) is 1.80. The highest BCUT2D eigenvalue weighted by Gasteiger charge is 2.13. The van der Waals surface area contributed by atoms with E-state index in [1.807, 2.05) is 0 Å². The number of carbonyl (C=O) groups is 2. The normalized spacial score (nSPS) is 9.95. The molecule has 7 nitrogen and oxygen atoms in total. The van der Waals surface area contributed by atoms with Crippen LogP contribution < -0.4 is 21.7 Å². The number of pyridine rings is 1. The number of aromatic nitrogens is 1. The maximum Gasteiger partial charge on any atom is 0.236 e. The van der Waals surface area contributed by atoms with E-state index in [0.717, 1.165) is 18.7 Å². The molecule has 0 spiro atoms. The highest BCUT2D eigenvalue weighted by atomic mass is 16.2. The topological polar surface area (TPSA) is 114 Å². The first-order chi connectivity index (χ1) is 9.02. The van der Waals surface area contributed by atoms with E-state index < -0.39 is 11.8 Å². The first-order valence-corrected chi connectivity index (χ1v) is 6.03. The van der Waals surface area contributed by atoms with E-state index in [4.69, 9.17) is 11.5 Å². The van der Waals surface area contributed by atoms with Gasteiger partial charge in [-0.2, -0.15) is 0 Å². The minimum atomic E-state index is -0.534. The summed E-state index contributed by atoms with van der Waals surface area (Å²) >= 11 is 0. The predicted octanol–water partition coefficient (Wildman–Crippen LogP) is -0.319. The lowest BCUT2D eigenvalue weighted by Gasteiger charge is -2.21. The Balaban J connectivity index is 2.87. The summed E-state index contributed by atoms with van der Waals surface area (Å²) in [6.45, 7) is 2.71. The minimum absolute atomic E-state index is 0.0815. The third kappa shape index (κ3) is 5.24. The molecule has 0 aromatic carbocycles. The molecule has 0 aliphatic carbocycles. The van der Waals surface area contributed by atoms with Crippen LogP contribution >= 0.6 is 0 Å². The van der Waals surface area contributed by atoms with Crippen LogP contribution in [0.2, 0.25) is 0 Å². The van der Waals surface area contributed by atoms with E-state index in [1.165, 1.54) is 4.90 Å². The summed E-state index contributed by atoms with van der Waals surface area (Å²) in [6.07, 6.45) is 4.21. The molecule has 5 N–H and O–H groups in total. The van der Waals surface area contributed by atoms with E-state index in [-0.39, 0.29) is 13.1 Å². The van der Waals surface area contributed by atoms with E-state index in [1.54, 1.807) is 18.5 Å². The highest BCUT2D eigenvalue weighted by molar-refractivity contribution is 5.85. The SMILES string of the molecule is CCCNc1cncc(N(CC(N)=O)CC(N)=O)c1. The second kappa shape index (κ2) is 7.20. The molecule has 0 fully saturated rings. The van der Waals surface area contributed by atoms with Crippen molar-refractivity contribution in [2.24, 2.45) is 11.5 Å². The smallest absolute Gasteiger partial charge is 0.236 e. The molecule has 0 saturated carbocycles. The van der Waals surface area contributed by atoms with E-state index in [9.17, 15) is 9.59 Å². The standard InChI is InChI=1S/C12H19N5O2/c1-2-3-16-9-4-10(6-15-5-9)17(7-11(13)18)8-12(14)19/h4-6,16H,2-3,7-8H2,1H3,(H2,13,18)(H2,14,19). The largest absolute Gasteiger partial charge is 0.384 e. The minimum Gasteiger partial charge on any atom is -0.384 e. The monoisotopic (exact) mass is 265 g/mol. The van der Waals surface area contributed by atoms with Gasteiger partial charge in [0.2, 0.25) is 11.8 Å². The summed E-state index contributed by atoms with van der Waals surface area (Å²) in [5.74, 6) is -1.07. The van der Waals surface area contributed by atoms with Crippen LogP contribution in [0.25, 0.3) is 0 Å². The number of nitrogens with two attached hydrogens (primary N) is 2. The van der Waals surface area contributed by atoms with E-state index in [0.29, 0.717) is 5.69 Å². The van der Waals surface area contributed by atoms with Crippen LogP contribution in [0.1, 0.15) is 13.3 Å². The average molecular weight is 265 g/mol. The number of anilines is 2. The van der Waals surface area contributed by atoms with Gasteiger partial charge < -0.3 is 21.7 Å². The lowest BCUT2D eigenvalue weighted by molar-refractivity contribution is -0.117. The van der Waals surface area contributed by atoms with Gasteiger partial charge in [-0.05, 0) is 12.5 Å². The van der Waals surface area contributed by atoms with Crippen molar-refractivity contribution >= 4 is 23.2 Å². The zero-order valence-electron chi connectivity index (χ0n) is 10.9. The fourth-order valence-electron chi connectivity index (χ4n) is 1.58. The molecule has 7 heteroatoms. The summed E-state index contributed by atoms with van der Waals surface area (Å²) in [5, 5.41) is 3.17. The molecule has 104 valence electrons. The van der Waals surface area contributed by atoms with Gasteiger partial charge >= 0.3 is 0 Å².